The number of aromatic hydroxyl groups is 1. The van der Waals surface area contributed by atoms with Crippen molar-refractivity contribution in [1.29, 1.82) is 0 Å². The number of nitrogens with one attached hydrogen (secondary N) is 2. The third-order valence-corrected chi connectivity index (χ3v) is 7.74. The van der Waals surface area contributed by atoms with E-state index in [0.29, 0.717) is 12.2 Å². The number of rotatable bonds is 21. The molecule has 4 nitrogen and oxygen atoms in total. The zero-order chi connectivity index (χ0) is 24.0. The van der Waals surface area contributed by atoms with Crippen LogP contribution in [0, 0.1) is 0 Å². The molecule has 3 N–H and O–H groups in total. The van der Waals surface area contributed by atoms with E-state index < -0.39 is 0 Å². The van der Waals surface area contributed by atoms with Crippen molar-refractivity contribution in [1.82, 2.24) is 5.32 Å². The Bertz CT molecular complexity index is 580. The zero-order valence-electron chi connectivity index (χ0n) is 21.4. The van der Waals surface area contributed by atoms with Gasteiger partial charge in [-0.3, -0.25) is 0 Å². The van der Waals surface area contributed by atoms with Crippen LogP contribution in [-0.4, -0.2) is 28.7 Å². The van der Waals surface area contributed by atoms with Crippen molar-refractivity contribution in [3.05, 3.63) is 24.3 Å². The number of carbonyl (C=O) groups excluding carboxylic acids is 1. The molecule has 1 unspecified atom stereocenters. The van der Waals surface area contributed by atoms with E-state index in [0.717, 1.165) is 17.4 Å². The highest BCUT2D eigenvalue weighted by atomic mass is 32.2. The van der Waals surface area contributed by atoms with E-state index in [9.17, 15) is 9.90 Å². The minimum absolute atomic E-state index is 0.190. The molecule has 1 atom stereocenters. The molecule has 0 bridgehead atoms. The van der Waals surface area contributed by atoms with E-state index in [1.54, 1.807) is 24.3 Å². The lowest BCUT2D eigenvalue weighted by molar-refractivity contribution is 0.252. The smallest absolute Gasteiger partial charge is 0.319 e. The van der Waals surface area contributed by atoms with Gasteiger partial charge in [-0.2, -0.15) is 11.8 Å². The second kappa shape index (κ2) is 21.2. The summed E-state index contributed by atoms with van der Waals surface area (Å²) in [4.78, 5) is 11.9. The van der Waals surface area contributed by atoms with E-state index in [4.69, 9.17) is 0 Å². The second-order valence-corrected chi connectivity index (χ2v) is 10.6. The standard InChI is InChI=1S/C28H50N2O2S/c1-3-5-6-7-8-9-10-11-12-13-14-15-16-18-27(4-2)33-24-17-23-29-28(32)30-25-19-21-26(31)22-20-25/h19-22,27,31H,3-18,23-24H2,1-2H3,(H2,29,30,32). The van der Waals surface area contributed by atoms with Gasteiger partial charge in [0.2, 0.25) is 0 Å². The molecule has 0 aliphatic rings. The summed E-state index contributed by atoms with van der Waals surface area (Å²) in [5.41, 5.74) is 0.684. The van der Waals surface area contributed by atoms with Crippen LogP contribution in [0.4, 0.5) is 10.5 Å². The summed E-state index contributed by atoms with van der Waals surface area (Å²) in [6, 6.07) is 6.31. The number of hydrogen-bond acceptors (Lipinski definition) is 3. The first-order chi connectivity index (χ1) is 16.2. The summed E-state index contributed by atoms with van der Waals surface area (Å²) in [5.74, 6) is 1.29. The normalized spacial score (nSPS) is 11.9. The van der Waals surface area contributed by atoms with Crippen LogP contribution in [0.15, 0.2) is 24.3 Å². The van der Waals surface area contributed by atoms with Crippen molar-refractivity contribution in [2.75, 3.05) is 17.6 Å². The number of phenols is 1. The second-order valence-electron chi connectivity index (χ2n) is 9.21. The van der Waals surface area contributed by atoms with Gasteiger partial charge in [0.05, 0.1) is 0 Å². The monoisotopic (exact) mass is 478 g/mol. The molecule has 0 saturated carbocycles. The van der Waals surface area contributed by atoms with Gasteiger partial charge in [0.25, 0.3) is 0 Å². The number of thioether (sulfide) groups is 1. The predicted molar refractivity (Wildman–Crippen MR) is 147 cm³/mol. The van der Waals surface area contributed by atoms with E-state index in [-0.39, 0.29) is 11.8 Å². The van der Waals surface area contributed by atoms with Gasteiger partial charge < -0.3 is 15.7 Å². The topological polar surface area (TPSA) is 61.4 Å². The molecule has 0 heterocycles. The highest BCUT2D eigenvalue weighted by molar-refractivity contribution is 7.99. The molecular formula is C28H50N2O2S. The summed E-state index contributed by atoms with van der Waals surface area (Å²) in [5, 5.41) is 15.7. The van der Waals surface area contributed by atoms with Gasteiger partial charge in [-0.25, -0.2) is 4.79 Å². The van der Waals surface area contributed by atoms with Crippen molar-refractivity contribution in [2.45, 2.75) is 122 Å². The van der Waals surface area contributed by atoms with E-state index in [2.05, 4.69) is 36.2 Å². The predicted octanol–water partition coefficient (Wildman–Crippen LogP) is 8.90. The van der Waals surface area contributed by atoms with Gasteiger partial charge in [-0.05, 0) is 49.3 Å². The number of amides is 2. The Kier molecular flexibility index (Phi) is 19.1. The summed E-state index contributed by atoms with van der Waals surface area (Å²) in [6.07, 6.45) is 21.9. The number of phenolic OH excluding ortho intramolecular Hbond substituents is 1. The minimum atomic E-state index is -0.190. The molecule has 0 fully saturated rings. The molecular weight excluding hydrogens is 428 g/mol. The molecule has 1 aromatic carbocycles. The first-order valence-electron chi connectivity index (χ1n) is 13.6. The lowest BCUT2D eigenvalue weighted by Gasteiger charge is -2.14. The average Bonchev–Trinajstić information content (AvgIpc) is 2.82. The molecule has 2 amide bonds. The van der Waals surface area contributed by atoms with Gasteiger partial charge >= 0.3 is 6.03 Å². The fourth-order valence-corrected chi connectivity index (χ4v) is 5.25. The molecule has 33 heavy (non-hydrogen) atoms. The van der Waals surface area contributed by atoms with Crippen LogP contribution in [0.5, 0.6) is 5.75 Å². The third kappa shape index (κ3) is 17.7. The van der Waals surface area contributed by atoms with Gasteiger partial charge in [0.1, 0.15) is 5.75 Å². The Hall–Kier alpha value is -1.36. The van der Waals surface area contributed by atoms with Crippen molar-refractivity contribution < 1.29 is 9.90 Å². The van der Waals surface area contributed by atoms with Crippen molar-refractivity contribution in [2.24, 2.45) is 0 Å². The zero-order valence-corrected chi connectivity index (χ0v) is 22.2. The minimum Gasteiger partial charge on any atom is -0.508 e. The molecule has 190 valence electrons. The highest BCUT2D eigenvalue weighted by Gasteiger charge is 2.07. The van der Waals surface area contributed by atoms with Crippen LogP contribution in [0.2, 0.25) is 0 Å². The van der Waals surface area contributed by atoms with Gasteiger partial charge in [-0.1, -0.05) is 97.3 Å². The third-order valence-electron chi connectivity index (χ3n) is 6.17. The first kappa shape index (κ1) is 29.7. The van der Waals surface area contributed by atoms with Crippen LogP contribution in [0.25, 0.3) is 0 Å². The SMILES string of the molecule is CCCCCCCCCCCCCCCC(CC)SCCCNC(=O)Nc1ccc(O)cc1. The molecule has 0 aliphatic carbocycles. The van der Waals surface area contributed by atoms with E-state index in [1.807, 2.05) is 0 Å². The number of benzene rings is 1. The molecule has 0 aliphatic heterocycles. The van der Waals surface area contributed by atoms with Crippen LogP contribution >= 0.6 is 11.8 Å². The molecule has 5 heteroatoms. The maximum Gasteiger partial charge on any atom is 0.319 e. The van der Waals surface area contributed by atoms with Crippen molar-refractivity contribution in [3.8, 4) is 5.75 Å². The Morgan fingerprint density at radius 3 is 1.91 bits per heavy atom. The van der Waals surface area contributed by atoms with Gasteiger partial charge in [0.15, 0.2) is 0 Å². The Morgan fingerprint density at radius 2 is 1.36 bits per heavy atom. The van der Waals surface area contributed by atoms with E-state index in [1.165, 1.54) is 96.3 Å². The fraction of sp³-hybridized carbons (Fsp3) is 0.750. The molecule has 0 radical (unpaired) electrons. The first-order valence-corrected chi connectivity index (χ1v) is 14.7. The Labute approximate surface area is 208 Å². The Morgan fingerprint density at radius 1 is 0.818 bits per heavy atom. The average molecular weight is 479 g/mol. The van der Waals surface area contributed by atoms with Gasteiger partial charge in [-0.15, -0.1) is 0 Å². The maximum atomic E-state index is 11.9. The lowest BCUT2D eigenvalue weighted by atomic mass is 10.0. The van der Waals surface area contributed by atoms with Crippen LogP contribution in [0.3, 0.4) is 0 Å². The number of anilines is 1. The number of urea groups is 1. The summed E-state index contributed by atoms with van der Waals surface area (Å²) >= 11 is 2.06. The highest BCUT2D eigenvalue weighted by Crippen LogP contribution is 2.22. The molecule has 1 aromatic rings. The van der Waals surface area contributed by atoms with Crippen LogP contribution in [0.1, 0.15) is 117 Å². The molecule has 0 saturated heterocycles. The maximum absolute atomic E-state index is 11.9. The van der Waals surface area contributed by atoms with Crippen molar-refractivity contribution in [3.63, 3.8) is 0 Å². The number of carbonyl (C=O) groups is 1. The summed E-state index contributed by atoms with van der Waals surface area (Å²) in [7, 11) is 0. The largest absolute Gasteiger partial charge is 0.508 e. The molecule has 0 aromatic heterocycles. The van der Waals surface area contributed by atoms with Crippen LogP contribution in [-0.2, 0) is 0 Å². The molecule has 0 spiro atoms. The Balaban J connectivity index is 1.90. The molecule has 1 rings (SSSR count). The number of unbranched alkanes of at least 4 members (excludes halogenated alkanes) is 12. The van der Waals surface area contributed by atoms with Gasteiger partial charge in [0, 0.05) is 17.5 Å². The fourth-order valence-electron chi connectivity index (χ4n) is 4.04. The van der Waals surface area contributed by atoms with Crippen LogP contribution < -0.4 is 10.6 Å². The van der Waals surface area contributed by atoms with Crippen molar-refractivity contribution >= 4 is 23.5 Å². The lowest BCUT2D eigenvalue weighted by Crippen LogP contribution is -2.29. The van der Waals surface area contributed by atoms with E-state index >= 15 is 0 Å². The summed E-state index contributed by atoms with van der Waals surface area (Å²) in [6.45, 7) is 5.27. The number of hydrogen-bond donors (Lipinski definition) is 3. The quantitative estimate of drug-likeness (QED) is 0.122. The summed E-state index contributed by atoms with van der Waals surface area (Å²) < 4.78 is 0.